The average molecular weight is 345 g/mol. The zero-order chi connectivity index (χ0) is 15.9. The second-order valence-electron chi connectivity index (χ2n) is 5.59. The molecular formula is C16H22Cl2N2O2. The molecule has 1 aromatic carbocycles. The van der Waals surface area contributed by atoms with Crippen LogP contribution in [0, 0.1) is 5.92 Å². The van der Waals surface area contributed by atoms with Gasteiger partial charge in [-0.15, -0.1) is 0 Å². The molecule has 1 N–H and O–H groups in total. The maximum atomic E-state index is 12.1. The van der Waals surface area contributed by atoms with Crippen LogP contribution < -0.4 is 5.32 Å². The number of nitrogens with zero attached hydrogens (tertiary/aromatic N) is 1. The molecule has 1 fully saturated rings. The van der Waals surface area contributed by atoms with Gasteiger partial charge in [-0.25, -0.2) is 0 Å². The molecule has 4 nitrogen and oxygen atoms in total. The van der Waals surface area contributed by atoms with Gasteiger partial charge in [0.2, 0.25) is 5.91 Å². The van der Waals surface area contributed by atoms with Crippen LogP contribution in [0.2, 0.25) is 10.0 Å². The lowest BCUT2D eigenvalue weighted by molar-refractivity contribution is -0.127. The Balaban J connectivity index is 1.88. The van der Waals surface area contributed by atoms with Gasteiger partial charge in [-0.05, 0) is 37.1 Å². The Morgan fingerprint density at radius 1 is 1.45 bits per heavy atom. The highest BCUT2D eigenvalue weighted by atomic mass is 35.5. The van der Waals surface area contributed by atoms with Gasteiger partial charge in [0.15, 0.2) is 0 Å². The largest absolute Gasteiger partial charge is 0.383 e. The Hall–Kier alpha value is -0.810. The van der Waals surface area contributed by atoms with Crippen LogP contribution >= 0.6 is 23.2 Å². The summed E-state index contributed by atoms with van der Waals surface area (Å²) in [6, 6.07) is 5.56. The van der Waals surface area contributed by atoms with Crippen molar-refractivity contribution < 1.29 is 9.53 Å². The Kier molecular flexibility index (Phi) is 6.96. The lowest BCUT2D eigenvalue weighted by atomic mass is 9.96. The van der Waals surface area contributed by atoms with E-state index in [1.54, 1.807) is 13.2 Å². The van der Waals surface area contributed by atoms with Crippen LogP contribution in [0.1, 0.15) is 18.4 Å². The zero-order valence-electron chi connectivity index (χ0n) is 12.8. The molecule has 1 saturated heterocycles. The highest BCUT2D eigenvalue weighted by Gasteiger charge is 2.25. The highest BCUT2D eigenvalue weighted by Crippen LogP contribution is 2.24. The third-order valence-electron chi connectivity index (χ3n) is 3.89. The SMILES string of the molecule is COCCNC(=O)C1CCCN(Cc2ccc(Cl)cc2Cl)C1. The Morgan fingerprint density at radius 2 is 2.27 bits per heavy atom. The molecule has 1 aliphatic heterocycles. The van der Waals surface area contributed by atoms with Crippen molar-refractivity contribution in [2.24, 2.45) is 5.92 Å². The Bertz CT molecular complexity index is 511. The van der Waals surface area contributed by atoms with Crippen molar-refractivity contribution in [2.75, 3.05) is 33.4 Å². The standard InChI is InChI=1S/C16H22Cl2N2O2/c1-22-8-6-19-16(21)13-3-2-7-20(11-13)10-12-4-5-14(17)9-15(12)18/h4-5,9,13H,2-3,6-8,10-11H2,1H3,(H,19,21). The molecule has 1 aliphatic rings. The van der Waals surface area contributed by atoms with Gasteiger partial charge in [-0.1, -0.05) is 29.3 Å². The lowest BCUT2D eigenvalue weighted by Crippen LogP contribution is -2.43. The topological polar surface area (TPSA) is 41.6 Å². The molecule has 0 bridgehead atoms. The van der Waals surface area contributed by atoms with Gasteiger partial charge in [0.1, 0.15) is 0 Å². The predicted molar refractivity (Wildman–Crippen MR) is 89.3 cm³/mol. The summed E-state index contributed by atoms with van der Waals surface area (Å²) in [5.41, 5.74) is 1.05. The van der Waals surface area contributed by atoms with E-state index in [-0.39, 0.29) is 11.8 Å². The molecular weight excluding hydrogens is 323 g/mol. The molecule has 22 heavy (non-hydrogen) atoms. The summed E-state index contributed by atoms with van der Waals surface area (Å²) in [6.07, 6.45) is 1.96. The fourth-order valence-electron chi connectivity index (χ4n) is 2.72. The monoisotopic (exact) mass is 344 g/mol. The van der Waals surface area contributed by atoms with Crippen molar-refractivity contribution in [2.45, 2.75) is 19.4 Å². The van der Waals surface area contributed by atoms with Crippen LogP contribution in [0.5, 0.6) is 0 Å². The third-order valence-corrected chi connectivity index (χ3v) is 4.48. The number of methoxy groups -OCH3 is 1. The van der Waals surface area contributed by atoms with Crippen molar-refractivity contribution >= 4 is 29.1 Å². The fourth-order valence-corrected chi connectivity index (χ4v) is 3.19. The second kappa shape index (κ2) is 8.73. The Morgan fingerprint density at radius 3 is 3.00 bits per heavy atom. The van der Waals surface area contributed by atoms with E-state index in [9.17, 15) is 4.79 Å². The fraction of sp³-hybridized carbons (Fsp3) is 0.562. The molecule has 122 valence electrons. The Labute approximate surface area is 141 Å². The molecule has 1 aromatic rings. The van der Waals surface area contributed by atoms with Crippen molar-refractivity contribution in [1.82, 2.24) is 10.2 Å². The summed E-state index contributed by atoms with van der Waals surface area (Å²) in [4.78, 5) is 14.4. The molecule has 1 atom stereocenters. The summed E-state index contributed by atoms with van der Waals surface area (Å²) >= 11 is 12.2. The number of carbonyl (C=O) groups excluding carboxylic acids is 1. The van der Waals surface area contributed by atoms with E-state index >= 15 is 0 Å². The molecule has 1 amide bonds. The number of benzene rings is 1. The van der Waals surface area contributed by atoms with Crippen molar-refractivity contribution in [3.8, 4) is 0 Å². The van der Waals surface area contributed by atoms with E-state index < -0.39 is 0 Å². The van der Waals surface area contributed by atoms with Crippen molar-refractivity contribution in [3.63, 3.8) is 0 Å². The first-order valence-corrected chi connectivity index (χ1v) is 8.28. The highest BCUT2D eigenvalue weighted by molar-refractivity contribution is 6.35. The minimum absolute atomic E-state index is 0.0386. The first-order chi connectivity index (χ1) is 10.6. The van der Waals surface area contributed by atoms with Crippen LogP contribution in [0.3, 0.4) is 0 Å². The number of nitrogens with one attached hydrogen (secondary N) is 1. The van der Waals surface area contributed by atoms with E-state index in [0.29, 0.717) is 23.2 Å². The van der Waals surface area contributed by atoms with Gasteiger partial charge in [0, 0.05) is 36.8 Å². The predicted octanol–water partition coefficient (Wildman–Crippen LogP) is 2.97. The minimum Gasteiger partial charge on any atom is -0.383 e. The summed E-state index contributed by atoms with van der Waals surface area (Å²) in [6.45, 7) is 3.60. The van der Waals surface area contributed by atoms with Crippen LogP contribution in [0.4, 0.5) is 0 Å². The molecule has 0 saturated carbocycles. The van der Waals surface area contributed by atoms with Crippen LogP contribution in [-0.2, 0) is 16.1 Å². The van der Waals surface area contributed by atoms with E-state index in [2.05, 4.69) is 10.2 Å². The number of likely N-dealkylation sites (tertiary alicyclic amines) is 1. The van der Waals surface area contributed by atoms with Gasteiger partial charge in [-0.3, -0.25) is 9.69 Å². The summed E-state index contributed by atoms with van der Waals surface area (Å²) in [5, 5.41) is 4.24. The number of hydrogen-bond donors (Lipinski definition) is 1. The molecule has 0 aromatic heterocycles. The number of ether oxygens (including phenoxy) is 1. The van der Waals surface area contributed by atoms with Crippen LogP contribution in [0.25, 0.3) is 0 Å². The first-order valence-electron chi connectivity index (χ1n) is 7.53. The molecule has 1 unspecified atom stereocenters. The minimum atomic E-state index is 0.0386. The van der Waals surface area contributed by atoms with E-state index in [0.717, 1.165) is 38.0 Å². The molecule has 0 radical (unpaired) electrons. The number of hydrogen-bond acceptors (Lipinski definition) is 3. The quantitative estimate of drug-likeness (QED) is 0.806. The third kappa shape index (κ3) is 5.13. The van der Waals surface area contributed by atoms with Gasteiger partial charge in [0.05, 0.1) is 12.5 Å². The smallest absolute Gasteiger partial charge is 0.224 e. The normalized spacial score (nSPS) is 19.1. The maximum Gasteiger partial charge on any atom is 0.224 e. The van der Waals surface area contributed by atoms with E-state index in [1.807, 2.05) is 12.1 Å². The molecule has 6 heteroatoms. The average Bonchev–Trinajstić information content (AvgIpc) is 2.50. The van der Waals surface area contributed by atoms with Crippen LogP contribution in [0.15, 0.2) is 18.2 Å². The van der Waals surface area contributed by atoms with E-state index in [1.165, 1.54) is 0 Å². The first kappa shape index (κ1) is 17.5. The van der Waals surface area contributed by atoms with Gasteiger partial charge in [-0.2, -0.15) is 0 Å². The van der Waals surface area contributed by atoms with Gasteiger partial charge < -0.3 is 10.1 Å². The number of carbonyl (C=O) groups is 1. The number of piperidine rings is 1. The summed E-state index contributed by atoms with van der Waals surface area (Å²) < 4.78 is 4.95. The van der Waals surface area contributed by atoms with Gasteiger partial charge in [0.25, 0.3) is 0 Å². The second-order valence-corrected chi connectivity index (χ2v) is 6.44. The zero-order valence-corrected chi connectivity index (χ0v) is 14.3. The van der Waals surface area contributed by atoms with E-state index in [4.69, 9.17) is 27.9 Å². The van der Waals surface area contributed by atoms with Gasteiger partial charge >= 0.3 is 0 Å². The lowest BCUT2D eigenvalue weighted by Gasteiger charge is -2.32. The molecule has 0 spiro atoms. The molecule has 0 aliphatic carbocycles. The number of rotatable bonds is 6. The summed E-state index contributed by atoms with van der Waals surface area (Å²) in [5.74, 6) is 0.153. The molecule has 1 heterocycles. The molecule has 2 rings (SSSR count). The maximum absolute atomic E-state index is 12.1. The number of amides is 1. The van der Waals surface area contributed by atoms with Crippen molar-refractivity contribution in [1.29, 1.82) is 0 Å². The van der Waals surface area contributed by atoms with Crippen molar-refractivity contribution in [3.05, 3.63) is 33.8 Å². The summed E-state index contributed by atoms with van der Waals surface area (Å²) in [7, 11) is 1.63. The van der Waals surface area contributed by atoms with Crippen LogP contribution in [-0.4, -0.2) is 44.2 Å². The number of halogens is 2.